The lowest BCUT2D eigenvalue weighted by atomic mass is 10.1. The Kier molecular flexibility index (Phi) is 6.48. The van der Waals surface area contributed by atoms with Crippen LogP contribution in [0.2, 0.25) is 0 Å². The summed E-state index contributed by atoms with van der Waals surface area (Å²) in [6.07, 6.45) is 0. The van der Waals surface area contributed by atoms with Gasteiger partial charge in [-0.2, -0.15) is 0 Å². The number of rotatable bonds is 8. The molecule has 1 unspecified atom stereocenters. The van der Waals surface area contributed by atoms with Crippen molar-refractivity contribution in [2.75, 3.05) is 26.0 Å². The molecule has 0 saturated carbocycles. The van der Waals surface area contributed by atoms with Gasteiger partial charge in [-0.15, -0.1) is 0 Å². The Balaban J connectivity index is 2.72. The Morgan fingerprint density at radius 2 is 2.00 bits per heavy atom. The topological polar surface area (TPSA) is 55.4 Å². The van der Waals surface area contributed by atoms with Gasteiger partial charge in [-0.25, -0.2) is 8.42 Å². The monoisotopic (exact) mass is 285 g/mol. The van der Waals surface area contributed by atoms with Crippen LogP contribution >= 0.6 is 0 Å². The summed E-state index contributed by atoms with van der Waals surface area (Å²) in [4.78, 5) is 0. The van der Waals surface area contributed by atoms with E-state index in [1.165, 1.54) is 0 Å². The Hall–Kier alpha value is -0.910. The van der Waals surface area contributed by atoms with Crippen molar-refractivity contribution in [1.29, 1.82) is 0 Å². The Morgan fingerprint density at radius 1 is 1.32 bits per heavy atom. The molecule has 0 fully saturated rings. The molecule has 0 amide bonds. The summed E-state index contributed by atoms with van der Waals surface area (Å²) >= 11 is 0. The van der Waals surface area contributed by atoms with Crippen molar-refractivity contribution in [1.82, 2.24) is 5.32 Å². The third-order valence-corrected chi connectivity index (χ3v) is 4.61. The van der Waals surface area contributed by atoms with Crippen molar-refractivity contribution in [2.24, 2.45) is 0 Å². The van der Waals surface area contributed by atoms with E-state index in [0.717, 1.165) is 17.7 Å². The predicted molar refractivity (Wildman–Crippen MR) is 78.0 cm³/mol. The molecule has 0 bridgehead atoms. The van der Waals surface area contributed by atoms with Gasteiger partial charge in [0, 0.05) is 13.2 Å². The summed E-state index contributed by atoms with van der Waals surface area (Å²) in [6, 6.07) is 7.43. The molecule has 1 rings (SSSR count). The average Bonchev–Trinajstić information content (AvgIpc) is 2.32. The van der Waals surface area contributed by atoms with Crippen LogP contribution in [0.3, 0.4) is 0 Å². The van der Waals surface area contributed by atoms with Crippen LogP contribution < -0.4 is 5.32 Å². The summed E-state index contributed by atoms with van der Waals surface area (Å²) in [5, 5.41) is 3.14. The first-order valence-corrected chi connectivity index (χ1v) is 8.28. The lowest BCUT2D eigenvalue weighted by molar-refractivity contribution is 0.174. The van der Waals surface area contributed by atoms with E-state index in [2.05, 4.69) is 5.32 Å². The third-order valence-electron chi connectivity index (χ3n) is 2.95. The van der Waals surface area contributed by atoms with Gasteiger partial charge in [0.2, 0.25) is 0 Å². The van der Waals surface area contributed by atoms with Crippen molar-refractivity contribution < 1.29 is 13.2 Å². The van der Waals surface area contributed by atoms with E-state index in [1.54, 1.807) is 7.11 Å². The quantitative estimate of drug-likeness (QED) is 0.787. The normalized spacial score (nSPS) is 13.4. The number of benzene rings is 1. The van der Waals surface area contributed by atoms with Gasteiger partial charge >= 0.3 is 0 Å². The molecule has 1 atom stereocenters. The fraction of sp³-hybridized carbons (Fsp3) is 0.571. The highest BCUT2D eigenvalue weighted by Gasteiger charge is 2.19. The minimum absolute atomic E-state index is 0.0886. The molecule has 0 saturated heterocycles. The third kappa shape index (κ3) is 5.72. The summed E-state index contributed by atoms with van der Waals surface area (Å²) in [6.45, 7) is 5.02. The first-order chi connectivity index (χ1) is 8.98. The highest BCUT2D eigenvalue weighted by Crippen LogP contribution is 2.12. The Labute approximate surface area is 116 Å². The van der Waals surface area contributed by atoms with E-state index >= 15 is 0 Å². The van der Waals surface area contributed by atoms with Gasteiger partial charge in [0.1, 0.15) is 0 Å². The van der Waals surface area contributed by atoms with E-state index in [1.807, 2.05) is 38.1 Å². The maximum Gasteiger partial charge on any atom is 0.156 e. The highest BCUT2D eigenvalue weighted by atomic mass is 32.2. The van der Waals surface area contributed by atoms with Gasteiger partial charge in [-0.3, -0.25) is 0 Å². The summed E-state index contributed by atoms with van der Waals surface area (Å²) in [5.41, 5.74) is 1.88. The molecule has 0 aliphatic carbocycles. The van der Waals surface area contributed by atoms with Crippen LogP contribution in [0.1, 0.15) is 18.1 Å². The number of likely N-dealkylation sites (N-methyl/N-ethyl adjacent to an activating group) is 1. The summed E-state index contributed by atoms with van der Waals surface area (Å²) in [5.74, 6) is 0.189. The molecule has 1 aromatic rings. The first kappa shape index (κ1) is 16.1. The lowest BCUT2D eigenvalue weighted by Gasteiger charge is -2.17. The molecule has 0 heterocycles. The van der Waals surface area contributed by atoms with Crippen molar-refractivity contribution in [3.05, 3.63) is 35.4 Å². The molecule has 108 valence electrons. The molecule has 0 radical (unpaired) electrons. The second kappa shape index (κ2) is 7.62. The number of hydrogen-bond donors (Lipinski definition) is 1. The largest absolute Gasteiger partial charge is 0.383 e. The molecule has 0 aliphatic rings. The molecule has 4 nitrogen and oxygen atoms in total. The minimum Gasteiger partial charge on any atom is -0.383 e. The molecule has 1 aromatic carbocycles. The molecule has 0 aromatic heterocycles. The zero-order chi connectivity index (χ0) is 14.3. The number of methoxy groups -OCH3 is 1. The number of nitrogens with one attached hydrogen (secondary N) is 1. The van der Waals surface area contributed by atoms with Gasteiger partial charge in [0.05, 0.1) is 18.1 Å². The SMILES string of the molecule is CCNC(COC)CS(=O)(=O)Cc1ccccc1C. The first-order valence-electron chi connectivity index (χ1n) is 6.45. The Morgan fingerprint density at radius 3 is 2.58 bits per heavy atom. The van der Waals surface area contributed by atoms with Gasteiger partial charge in [0.15, 0.2) is 9.84 Å². The fourth-order valence-electron chi connectivity index (χ4n) is 2.03. The number of aryl methyl sites for hydroxylation is 1. The van der Waals surface area contributed by atoms with Crippen LogP contribution in [0.25, 0.3) is 0 Å². The van der Waals surface area contributed by atoms with Crippen molar-refractivity contribution in [2.45, 2.75) is 25.6 Å². The molecule has 0 spiro atoms. The average molecular weight is 285 g/mol. The zero-order valence-corrected chi connectivity index (χ0v) is 12.7. The standard InChI is InChI=1S/C14H23NO3S/c1-4-15-14(9-18-3)11-19(16,17)10-13-8-6-5-7-12(13)2/h5-8,14-15H,4,9-11H2,1-3H3. The van der Waals surface area contributed by atoms with E-state index in [4.69, 9.17) is 4.74 Å². The molecular weight excluding hydrogens is 262 g/mol. The van der Waals surface area contributed by atoms with Gasteiger partial charge < -0.3 is 10.1 Å². The lowest BCUT2D eigenvalue weighted by Crippen LogP contribution is -2.39. The van der Waals surface area contributed by atoms with Crippen molar-refractivity contribution in [3.63, 3.8) is 0 Å². The second-order valence-electron chi connectivity index (χ2n) is 4.69. The van der Waals surface area contributed by atoms with Crippen molar-refractivity contribution in [3.8, 4) is 0 Å². The van der Waals surface area contributed by atoms with Crippen LogP contribution in [0.5, 0.6) is 0 Å². The zero-order valence-electron chi connectivity index (χ0n) is 11.8. The van der Waals surface area contributed by atoms with Crippen LogP contribution in [-0.2, 0) is 20.3 Å². The van der Waals surface area contributed by atoms with Crippen LogP contribution in [0.15, 0.2) is 24.3 Å². The van der Waals surface area contributed by atoms with Crippen LogP contribution in [-0.4, -0.2) is 40.5 Å². The molecule has 0 aliphatic heterocycles. The molecule has 19 heavy (non-hydrogen) atoms. The second-order valence-corrected chi connectivity index (χ2v) is 6.80. The van der Waals surface area contributed by atoms with Gasteiger partial charge in [0.25, 0.3) is 0 Å². The fourth-order valence-corrected chi connectivity index (χ4v) is 3.77. The molecule has 5 heteroatoms. The summed E-state index contributed by atoms with van der Waals surface area (Å²) in [7, 11) is -1.56. The Bertz CT molecular complexity index is 479. The molecular formula is C14H23NO3S. The number of hydrogen-bond acceptors (Lipinski definition) is 4. The predicted octanol–water partition coefficient (Wildman–Crippen LogP) is 1.53. The van der Waals surface area contributed by atoms with E-state index in [-0.39, 0.29) is 17.5 Å². The van der Waals surface area contributed by atoms with Crippen LogP contribution in [0, 0.1) is 6.92 Å². The van der Waals surface area contributed by atoms with E-state index in [0.29, 0.717) is 6.61 Å². The highest BCUT2D eigenvalue weighted by molar-refractivity contribution is 7.90. The van der Waals surface area contributed by atoms with Gasteiger partial charge in [-0.1, -0.05) is 31.2 Å². The smallest absolute Gasteiger partial charge is 0.156 e. The summed E-state index contributed by atoms with van der Waals surface area (Å²) < 4.78 is 29.5. The van der Waals surface area contributed by atoms with Crippen molar-refractivity contribution >= 4 is 9.84 Å². The van der Waals surface area contributed by atoms with Crippen LogP contribution in [0.4, 0.5) is 0 Å². The maximum atomic E-state index is 12.2. The van der Waals surface area contributed by atoms with E-state index < -0.39 is 9.84 Å². The number of sulfone groups is 1. The minimum atomic E-state index is -3.14. The van der Waals surface area contributed by atoms with Gasteiger partial charge in [-0.05, 0) is 24.6 Å². The molecule has 1 N–H and O–H groups in total. The van der Waals surface area contributed by atoms with E-state index in [9.17, 15) is 8.42 Å². The maximum absolute atomic E-state index is 12.2. The number of ether oxygens (including phenoxy) is 1.